The fourth-order valence-electron chi connectivity index (χ4n) is 3.24. The number of carbonyl (C=O) groups excluding carboxylic acids is 1. The molecule has 0 unspecified atom stereocenters. The van der Waals surface area contributed by atoms with Gasteiger partial charge >= 0.3 is 0 Å². The quantitative estimate of drug-likeness (QED) is 0.341. The molecule has 0 saturated heterocycles. The van der Waals surface area contributed by atoms with E-state index >= 15 is 0 Å². The summed E-state index contributed by atoms with van der Waals surface area (Å²) in [6, 6.07) is 14.2. The van der Waals surface area contributed by atoms with E-state index in [1.807, 2.05) is 30.5 Å². The van der Waals surface area contributed by atoms with Crippen molar-refractivity contribution in [1.82, 2.24) is 4.98 Å². The first-order valence-electron chi connectivity index (χ1n) is 9.15. The molecule has 1 N–H and O–H groups in total. The van der Waals surface area contributed by atoms with Crippen LogP contribution in [0.4, 0.5) is 5.13 Å². The van der Waals surface area contributed by atoms with Crippen LogP contribution in [0.1, 0.15) is 27.3 Å². The van der Waals surface area contributed by atoms with Gasteiger partial charge in [0, 0.05) is 33.4 Å². The van der Waals surface area contributed by atoms with Gasteiger partial charge in [-0.15, -0.1) is 11.3 Å². The second-order valence-electron chi connectivity index (χ2n) is 6.96. The van der Waals surface area contributed by atoms with Crippen molar-refractivity contribution in [2.45, 2.75) is 20.3 Å². The molecule has 2 aromatic heterocycles. The Balaban J connectivity index is 1.40. The predicted octanol–water partition coefficient (Wildman–Crippen LogP) is 6.51. The second kappa shape index (κ2) is 8.35. The lowest BCUT2D eigenvalue weighted by Gasteiger charge is -2.03. The number of hydrogen-bond donors (Lipinski definition) is 1. The zero-order chi connectivity index (χ0) is 20.4. The van der Waals surface area contributed by atoms with Gasteiger partial charge < -0.3 is 4.42 Å². The number of hydrogen-bond acceptors (Lipinski definition) is 4. The number of thiazole rings is 1. The van der Waals surface area contributed by atoms with Gasteiger partial charge in [-0.3, -0.25) is 10.1 Å². The van der Waals surface area contributed by atoms with E-state index in [4.69, 9.17) is 4.42 Å². The van der Waals surface area contributed by atoms with Crippen LogP contribution in [0.15, 0.2) is 63.6 Å². The van der Waals surface area contributed by atoms with Gasteiger partial charge in [0.1, 0.15) is 11.3 Å². The number of amides is 1. The van der Waals surface area contributed by atoms with Gasteiger partial charge in [-0.05, 0) is 49.8 Å². The highest BCUT2D eigenvalue weighted by atomic mass is 79.9. The minimum atomic E-state index is -0.237. The maximum atomic E-state index is 12.2. The van der Waals surface area contributed by atoms with E-state index in [-0.39, 0.29) is 5.91 Å². The van der Waals surface area contributed by atoms with Crippen molar-refractivity contribution in [3.63, 3.8) is 0 Å². The van der Waals surface area contributed by atoms with E-state index in [0.717, 1.165) is 26.7 Å². The molecule has 2 aromatic carbocycles. The van der Waals surface area contributed by atoms with Crippen molar-refractivity contribution >= 4 is 55.4 Å². The van der Waals surface area contributed by atoms with Gasteiger partial charge in [-0.1, -0.05) is 45.3 Å². The summed E-state index contributed by atoms with van der Waals surface area (Å²) in [7, 11) is 0. The Morgan fingerprint density at radius 1 is 1.17 bits per heavy atom. The number of aromatic nitrogens is 1. The minimum Gasteiger partial charge on any atom is -0.457 e. The molecule has 0 bridgehead atoms. The highest BCUT2D eigenvalue weighted by molar-refractivity contribution is 9.10. The monoisotopic (exact) mass is 466 g/mol. The van der Waals surface area contributed by atoms with Gasteiger partial charge in [0.05, 0.1) is 0 Å². The molecule has 0 fully saturated rings. The summed E-state index contributed by atoms with van der Waals surface area (Å²) in [4.78, 5) is 17.7. The summed E-state index contributed by atoms with van der Waals surface area (Å²) in [5.41, 5.74) is 4.53. The van der Waals surface area contributed by atoms with Crippen LogP contribution in [0.25, 0.3) is 17.0 Å². The molecule has 2 heterocycles. The molecule has 0 saturated carbocycles. The van der Waals surface area contributed by atoms with Crippen LogP contribution in [-0.4, -0.2) is 10.9 Å². The highest BCUT2D eigenvalue weighted by Crippen LogP contribution is 2.25. The molecular formula is C23H19BrN2O2S. The number of furan rings is 1. The lowest BCUT2D eigenvalue weighted by atomic mass is 10.0. The summed E-state index contributed by atoms with van der Waals surface area (Å²) >= 11 is 4.93. The molecule has 0 aliphatic rings. The molecule has 0 radical (unpaired) electrons. The van der Waals surface area contributed by atoms with Gasteiger partial charge in [0.25, 0.3) is 0 Å². The fourth-order valence-corrected chi connectivity index (χ4v) is 4.47. The molecule has 4 nitrogen and oxygen atoms in total. The van der Waals surface area contributed by atoms with E-state index in [1.54, 1.807) is 6.08 Å². The van der Waals surface area contributed by atoms with Gasteiger partial charge in [0.15, 0.2) is 5.13 Å². The molecule has 0 atom stereocenters. The molecule has 29 heavy (non-hydrogen) atoms. The first kappa shape index (κ1) is 19.6. The Kier molecular flexibility index (Phi) is 5.65. The van der Waals surface area contributed by atoms with Crippen LogP contribution in [0, 0.1) is 13.8 Å². The maximum Gasteiger partial charge on any atom is 0.250 e. The average molecular weight is 467 g/mol. The number of fused-ring (bicyclic) bond motifs is 1. The molecule has 0 aliphatic carbocycles. The predicted molar refractivity (Wildman–Crippen MR) is 122 cm³/mol. The molecule has 4 aromatic rings. The SMILES string of the molecule is Cc1cc(C)cc(Cc2cnc(NC(=O)/C=C/c3cc4cc(Br)ccc4o3)s2)c1. The molecular weight excluding hydrogens is 448 g/mol. The summed E-state index contributed by atoms with van der Waals surface area (Å²) in [5.74, 6) is 0.391. The topological polar surface area (TPSA) is 55.1 Å². The zero-order valence-corrected chi connectivity index (χ0v) is 18.4. The van der Waals surface area contributed by atoms with Crippen LogP contribution in [0.2, 0.25) is 0 Å². The average Bonchev–Trinajstić information content (AvgIpc) is 3.25. The Hall–Kier alpha value is -2.70. The molecule has 0 spiro atoms. The van der Waals surface area contributed by atoms with Crippen molar-refractivity contribution in [2.75, 3.05) is 5.32 Å². The Morgan fingerprint density at radius 3 is 2.76 bits per heavy atom. The molecule has 146 valence electrons. The normalized spacial score (nSPS) is 11.4. The van der Waals surface area contributed by atoms with Crippen molar-refractivity contribution in [3.8, 4) is 0 Å². The summed E-state index contributed by atoms with van der Waals surface area (Å²) in [6.45, 7) is 4.20. The zero-order valence-electron chi connectivity index (χ0n) is 16.0. The maximum absolute atomic E-state index is 12.2. The van der Waals surface area contributed by atoms with E-state index in [9.17, 15) is 4.79 Å². The summed E-state index contributed by atoms with van der Waals surface area (Å²) in [6.07, 6.45) is 5.74. The van der Waals surface area contributed by atoms with E-state index < -0.39 is 0 Å². The van der Waals surface area contributed by atoms with Crippen LogP contribution < -0.4 is 5.32 Å². The van der Waals surface area contributed by atoms with Crippen molar-refractivity contribution in [2.24, 2.45) is 0 Å². The number of aryl methyl sites for hydroxylation is 2. The highest BCUT2D eigenvalue weighted by Gasteiger charge is 2.07. The number of halogens is 1. The number of nitrogens with one attached hydrogen (secondary N) is 1. The second-order valence-corrected chi connectivity index (χ2v) is 8.99. The van der Waals surface area contributed by atoms with Gasteiger partial charge in [-0.2, -0.15) is 0 Å². The van der Waals surface area contributed by atoms with Crippen LogP contribution in [0.3, 0.4) is 0 Å². The Labute approximate surface area is 181 Å². The smallest absolute Gasteiger partial charge is 0.250 e. The van der Waals surface area contributed by atoms with Crippen LogP contribution in [0.5, 0.6) is 0 Å². The third-order valence-electron chi connectivity index (χ3n) is 4.34. The lowest BCUT2D eigenvalue weighted by molar-refractivity contribution is -0.111. The lowest BCUT2D eigenvalue weighted by Crippen LogP contribution is -2.06. The first-order chi connectivity index (χ1) is 13.9. The van der Waals surface area contributed by atoms with Crippen LogP contribution >= 0.6 is 27.3 Å². The Morgan fingerprint density at radius 2 is 1.97 bits per heavy atom. The van der Waals surface area contributed by atoms with E-state index in [1.165, 1.54) is 34.1 Å². The third-order valence-corrected chi connectivity index (χ3v) is 5.75. The molecule has 6 heteroatoms. The standard InChI is InChI=1S/C23H19BrN2O2S/c1-14-7-15(2)9-16(8-14)10-20-13-25-23(29-20)26-22(27)6-4-19-12-17-11-18(24)3-5-21(17)28-19/h3-9,11-13H,10H2,1-2H3,(H,25,26,27)/b6-4+. The minimum absolute atomic E-state index is 0.237. The number of rotatable bonds is 5. The van der Waals surface area contributed by atoms with Crippen molar-refractivity contribution in [3.05, 3.63) is 86.5 Å². The number of anilines is 1. The number of carbonyl (C=O) groups is 1. The number of benzene rings is 2. The van der Waals surface area contributed by atoms with E-state index in [0.29, 0.717) is 10.9 Å². The fraction of sp³-hybridized carbons (Fsp3) is 0.130. The summed E-state index contributed by atoms with van der Waals surface area (Å²) in [5, 5.41) is 4.39. The number of nitrogens with zero attached hydrogens (tertiary/aromatic N) is 1. The molecule has 1 amide bonds. The van der Waals surface area contributed by atoms with Crippen LogP contribution in [-0.2, 0) is 11.2 Å². The van der Waals surface area contributed by atoms with Gasteiger partial charge in [0.2, 0.25) is 5.91 Å². The van der Waals surface area contributed by atoms with Gasteiger partial charge in [-0.25, -0.2) is 4.98 Å². The van der Waals surface area contributed by atoms with E-state index in [2.05, 4.69) is 58.3 Å². The summed E-state index contributed by atoms with van der Waals surface area (Å²) < 4.78 is 6.70. The van der Waals surface area contributed by atoms with Crippen molar-refractivity contribution < 1.29 is 9.21 Å². The largest absolute Gasteiger partial charge is 0.457 e. The molecule has 4 rings (SSSR count). The first-order valence-corrected chi connectivity index (χ1v) is 10.8. The third kappa shape index (κ3) is 5.02. The van der Waals surface area contributed by atoms with Crippen molar-refractivity contribution in [1.29, 1.82) is 0 Å². The Bertz CT molecular complexity index is 1200. The molecule has 0 aliphatic heterocycles.